The van der Waals surface area contributed by atoms with Crippen LogP contribution >= 0.6 is 23.5 Å². The van der Waals surface area contributed by atoms with Gasteiger partial charge in [0.05, 0.1) is 0 Å². The SMILES string of the molecule is O=C(c1ncoc1C1CC1)C1SCCCS1. The molecule has 3 nitrogen and oxygen atoms in total. The summed E-state index contributed by atoms with van der Waals surface area (Å²) in [5, 5.41) is 0. The van der Waals surface area contributed by atoms with E-state index in [4.69, 9.17) is 4.42 Å². The Labute approximate surface area is 103 Å². The minimum Gasteiger partial charge on any atom is -0.447 e. The summed E-state index contributed by atoms with van der Waals surface area (Å²) in [7, 11) is 0. The van der Waals surface area contributed by atoms with Gasteiger partial charge in [-0.1, -0.05) is 0 Å². The van der Waals surface area contributed by atoms with E-state index < -0.39 is 0 Å². The minimum atomic E-state index is 0.0383. The van der Waals surface area contributed by atoms with Gasteiger partial charge in [0.15, 0.2) is 12.1 Å². The molecule has 1 saturated heterocycles. The van der Waals surface area contributed by atoms with Crippen molar-refractivity contribution in [3.05, 3.63) is 17.8 Å². The number of hydrogen-bond donors (Lipinski definition) is 0. The predicted molar refractivity (Wildman–Crippen MR) is 66.1 cm³/mol. The van der Waals surface area contributed by atoms with Crippen LogP contribution in [0.5, 0.6) is 0 Å². The van der Waals surface area contributed by atoms with Gasteiger partial charge >= 0.3 is 0 Å². The Hall–Kier alpha value is -0.420. The van der Waals surface area contributed by atoms with Crippen LogP contribution in [0.1, 0.15) is 41.4 Å². The van der Waals surface area contributed by atoms with Gasteiger partial charge in [-0.25, -0.2) is 4.98 Å². The molecule has 3 rings (SSSR count). The smallest absolute Gasteiger partial charge is 0.207 e. The van der Waals surface area contributed by atoms with Crippen LogP contribution in [-0.2, 0) is 0 Å². The molecule has 2 aliphatic rings. The van der Waals surface area contributed by atoms with Gasteiger partial charge in [0.25, 0.3) is 0 Å². The Morgan fingerprint density at radius 2 is 2.12 bits per heavy atom. The lowest BCUT2D eigenvalue weighted by Crippen LogP contribution is -2.19. The second-order valence-electron chi connectivity index (χ2n) is 4.13. The molecular weight excluding hydrogens is 242 g/mol. The first kappa shape index (κ1) is 10.7. The zero-order valence-electron chi connectivity index (χ0n) is 8.85. The fraction of sp³-hybridized carbons (Fsp3) is 0.636. The molecule has 16 heavy (non-hydrogen) atoms. The van der Waals surface area contributed by atoms with Crippen LogP contribution in [0.2, 0.25) is 0 Å². The summed E-state index contributed by atoms with van der Waals surface area (Å²) in [5.41, 5.74) is 0.592. The summed E-state index contributed by atoms with van der Waals surface area (Å²) in [6.07, 6.45) is 4.90. The van der Waals surface area contributed by atoms with Crippen LogP contribution < -0.4 is 0 Å². The van der Waals surface area contributed by atoms with Crippen molar-refractivity contribution in [3.63, 3.8) is 0 Å². The summed E-state index contributed by atoms with van der Waals surface area (Å²) in [6, 6.07) is 0. The Bertz CT molecular complexity index is 394. The molecule has 1 aromatic rings. The zero-order valence-corrected chi connectivity index (χ0v) is 10.5. The highest BCUT2D eigenvalue weighted by atomic mass is 32.2. The van der Waals surface area contributed by atoms with Crippen LogP contribution in [0.4, 0.5) is 0 Å². The van der Waals surface area contributed by atoms with E-state index in [9.17, 15) is 4.79 Å². The summed E-state index contributed by atoms with van der Waals surface area (Å²) in [5.74, 6) is 3.61. The molecular formula is C11H13NO2S2. The van der Waals surface area contributed by atoms with Gasteiger partial charge < -0.3 is 4.42 Å². The number of thioether (sulfide) groups is 2. The summed E-state index contributed by atoms with van der Waals surface area (Å²) < 4.78 is 5.39. The van der Waals surface area contributed by atoms with Crippen molar-refractivity contribution in [2.24, 2.45) is 0 Å². The largest absolute Gasteiger partial charge is 0.447 e. The molecule has 0 amide bonds. The van der Waals surface area contributed by atoms with Crippen molar-refractivity contribution in [1.29, 1.82) is 0 Å². The molecule has 0 atom stereocenters. The second-order valence-corrected chi connectivity index (χ2v) is 6.86. The third-order valence-corrected chi connectivity index (χ3v) is 5.72. The highest BCUT2D eigenvalue weighted by molar-refractivity contribution is 8.18. The second kappa shape index (κ2) is 4.45. The van der Waals surface area contributed by atoms with Gasteiger partial charge in [0.2, 0.25) is 5.78 Å². The average molecular weight is 255 g/mol. The van der Waals surface area contributed by atoms with Crippen molar-refractivity contribution in [2.75, 3.05) is 11.5 Å². The van der Waals surface area contributed by atoms with Gasteiger partial charge in [0.1, 0.15) is 10.3 Å². The molecule has 0 spiro atoms. The average Bonchev–Trinajstić information content (AvgIpc) is 3.07. The quantitative estimate of drug-likeness (QED) is 0.777. The number of carbonyl (C=O) groups is 1. The third-order valence-electron chi connectivity index (χ3n) is 2.82. The monoisotopic (exact) mass is 255 g/mol. The van der Waals surface area contributed by atoms with E-state index in [0.29, 0.717) is 11.6 Å². The first-order valence-corrected chi connectivity index (χ1v) is 7.67. The molecule has 0 N–H and O–H groups in total. The number of Topliss-reactive ketones (excluding diaryl/α,β-unsaturated/α-hetero) is 1. The van der Waals surface area contributed by atoms with E-state index in [1.165, 1.54) is 12.8 Å². The van der Waals surface area contributed by atoms with Crippen LogP contribution in [-0.4, -0.2) is 26.9 Å². The van der Waals surface area contributed by atoms with Gasteiger partial charge in [-0.2, -0.15) is 0 Å². The molecule has 1 aliphatic heterocycles. The molecule has 0 bridgehead atoms. The number of carbonyl (C=O) groups excluding carboxylic acids is 1. The number of oxazole rings is 1. The fourth-order valence-corrected chi connectivity index (χ4v) is 4.55. The molecule has 1 saturated carbocycles. The van der Waals surface area contributed by atoms with Crippen LogP contribution in [0.15, 0.2) is 10.8 Å². The molecule has 5 heteroatoms. The summed E-state index contributed by atoms with van der Waals surface area (Å²) in [6.45, 7) is 0. The zero-order chi connectivity index (χ0) is 11.0. The molecule has 0 unspecified atom stereocenters. The Balaban J connectivity index is 1.79. The topological polar surface area (TPSA) is 43.1 Å². The standard InChI is InChI=1S/C11H13NO2S2/c13-9(11-15-4-1-5-16-11)8-10(7-2-3-7)14-6-12-8/h6-7,11H,1-5H2. The van der Waals surface area contributed by atoms with E-state index in [2.05, 4.69) is 4.98 Å². The van der Waals surface area contributed by atoms with Crippen molar-refractivity contribution in [1.82, 2.24) is 4.98 Å². The van der Waals surface area contributed by atoms with Crippen LogP contribution in [0.25, 0.3) is 0 Å². The molecule has 86 valence electrons. The van der Waals surface area contributed by atoms with E-state index in [1.807, 2.05) is 0 Å². The summed E-state index contributed by atoms with van der Waals surface area (Å²) in [4.78, 5) is 16.4. The maximum absolute atomic E-state index is 12.2. The summed E-state index contributed by atoms with van der Waals surface area (Å²) >= 11 is 3.48. The number of hydrogen-bond acceptors (Lipinski definition) is 5. The number of ketones is 1. The predicted octanol–water partition coefficient (Wildman–Crippen LogP) is 2.93. The molecule has 1 aromatic heterocycles. The van der Waals surface area contributed by atoms with E-state index >= 15 is 0 Å². The fourth-order valence-electron chi connectivity index (χ4n) is 1.83. The van der Waals surface area contributed by atoms with Crippen molar-refractivity contribution in [2.45, 2.75) is 29.8 Å². The molecule has 2 heterocycles. The van der Waals surface area contributed by atoms with Crippen LogP contribution in [0.3, 0.4) is 0 Å². The Morgan fingerprint density at radius 3 is 2.81 bits per heavy atom. The van der Waals surface area contributed by atoms with Crippen molar-refractivity contribution < 1.29 is 9.21 Å². The van der Waals surface area contributed by atoms with Crippen molar-refractivity contribution >= 4 is 29.3 Å². The highest BCUT2D eigenvalue weighted by Crippen LogP contribution is 2.43. The third kappa shape index (κ3) is 2.02. The highest BCUT2D eigenvalue weighted by Gasteiger charge is 2.35. The normalized spacial score (nSPS) is 22.2. The first-order chi connectivity index (χ1) is 7.86. The van der Waals surface area contributed by atoms with E-state index in [0.717, 1.165) is 30.1 Å². The first-order valence-electron chi connectivity index (χ1n) is 5.57. The molecule has 1 aliphatic carbocycles. The number of nitrogens with zero attached hydrogens (tertiary/aromatic N) is 1. The van der Waals surface area contributed by atoms with Gasteiger partial charge in [-0.3, -0.25) is 4.79 Å². The lowest BCUT2D eigenvalue weighted by atomic mass is 10.2. The molecule has 2 fully saturated rings. The Morgan fingerprint density at radius 1 is 1.38 bits per heavy atom. The molecule has 0 radical (unpaired) electrons. The minimum absolute atomic E-state index is 0.0383. The maximum atomic E-state index is 12.2. The van der Waals surface area contributed by atoms with Gasteiger partial charge in [-0.05, 0) is 30.8 Å². The Kier molecular flexibility index (Phi) is 2.98. The van der Waals surface area contributed by atoms with Gasteiger partial charge in [-0.15, -0.1) is 23.5 Å². The van der Waals surface area contributed by atoms with E-state index in [-0.39, 0.29) is 10.4 Å². The lowest BCUT2D eigenvalue weighted by Gasteiger charge is -2.18. The molecule has 0 aromatic carbocycles. The lowest BCUT2D eigenvalue weighted by molar-refractivity contribution is 0.100. The maximum Gasteiger partial charge on any atom is 0.207 e. The van der Waals surface area contributed by atoms with Crippen molar-refractivity contribution in [3.8, 4) is 0 Å². The van der Waals surface area contributed by atoms with E-state index in [1.54, 1.807) is 23.5 Å². The van der Waals surface area contributed by atoms with Crippen LogP contribution in [0, 0.1) is 0 Å². The van der Waals surface area contributed by atoms with Gasteiger partial charge in [0, 0.05) is 5.92 Å². The number of rotatable bonds is 3. The number of aromatic nitrogens is 1.